The van der Waals surface area contributed by atoms with Gasteiger partial charge in [-0.3, -0.25) is 4.79 Å². The Morgan fingerprint density at radius 2 is 2.04 bits per heavy atom. The van der Waals surface area contributed by atoms with Crippen LogP contribution in [0.3, 0.4) is 0 Å². The van der Waals surface area contributed by atoms with Crippen LogP contribution in [0.15, 0.2) is 29.3 Å². The van der Waals surface area contributed by atoms with Gasteiger partial charge in [-0.05, 0) is 53.1 Å². The monoisotopic (exact) mass is 518 g/mol. The Labute approximate surface area is 178 Å². The second-order valence-electron chi connectivity index (χ2n) is 7.63. The summed E-state index contributed by atoms with van der Waals surface area (Å²) in [5.74, 6) is 0.883. The molecule has 1 aromatic rings. The molecule has 5 nitrogen and oxygen atoms in total. The van der Waals surface area contributed by atoms with Crippen molar-refractivity contribution in [3.63, 3.8) is 0 Å². The summed E-state index contributed by atoms with van der Waals surface area (Å²) in [5.41, 5.74) is 0.918. The van der Waals surface area contributed by atoms with Gasteiger partial charge < -0.3 is 4.90 Å². The third-order valence-electron chi connectivity index (χ3n) is 5.61. The number of benzene rings is 1. The Hall–Kier alpha value is -0.610. The van der Waals surface area contributed by atoms with Crippen molar-refractivity contribution in [1.29, 1.82) is 0 Å². The van der Waals surface area contributed by atoms with Gasteiger partial charge in [-0.25, -0.2) is 8.42 Å². The van der Waals surface area contributed by atoms with Crippen molar-refractivity contribution in [3.05, 3.63) is 27.8 Å². The van der Waals surface area contributed by atoms with E-state index in [-0.39, 0.29) is 28.7 Å². The number of anilines is 1. The molecule has 146 valence electrons. The van der Waals surface area contributed by atoms with E-state index in [0.29, 0.717) is 17.5 Å². The van der Waals surface area contributed by atoms with E-state index in [1.807, 2.05) is 29.2 Å². The largest absolute Gasteiger partial charge is 0.316 e. The van der Waals surface area contributed by atoms with E-state index in [4.69, 9.17) is 0 Å². The number of aliphatic imine (C=N–C) groups is 1. The lowest BCUT2D eigenvalue weighted by molar-refractivity contribution is -0.118. The van der Waals surface area contributed by atoms with Crippen LogP contribution in [-0.2, 0) is 14.6 Å². The Balaban J connectivity index is 1.55. The number of hydrogen-bond acceptors (Lipinski definition) is 4. The first-order valence-electron chi connectivity index (χ1n) is 9.45. The fourth-order valence-electron chi connectivity index (χ4n) is 4.28. The van der Waals surface area contributed by atoms with Crippen molar-refractivity contribution in [2.75, 3.05) is 16.4 Å². The molecule has 0 N–H and O–H groups in total. The topological polar surface area (TPSA) is 66.8 Å². The maximum absolute atomic E-state index is 12.5. The van der Waals surface area contributed by atoms with Gasteiger partial charge in [-0.2, -0.15) is 4.99 Å². The third-order valence-corrected chi connectivity index (χ3v) is 9.50. The molecule has 27 heavy (non-hydrogen) atoms. The highest BCUT2D eigenvalue weighted by atomic mass is 127. The molecule has 1 aromatic carbocycles. The molecule has 1 amide bonds. The van der Waals surface area contributed by atoms with E-state index >= 15 is 0 Å². The summed E-state index contributed by atoms with van der Waals surface area (Å²) in [6.07, 6.45) is 6.43. The number of sulfone groups is 1. The maximum Gasteiger partial charge on any atom is 0.248 e. The molecule has 2 aliphatic heterocycles. The second kappa shape index (κ2) is 8.02. The fraction of sp³-hybridized carbons (Fsp3) is 0.579. The van der Waals surface area contributed by atoms with Gasteiger partial charge in [0.1, 0.15) is 0 Å². The Morgan fingerprint density at radius 3 is 2.78 bits per heavy atom. The predicted octanol–water partition coefficient (Wildman–Crippen LogP) is 3.86. The number of amidine groups is 1. The summed E-state index contributed by atoms with van der Waals surface area (Å²) < 4.78 is 25.3. The maximum atomic E-state index is 12.5. The third kappa shape index (κ3) is 4.53. The molecule has 8 heteroatoms. The number of nitrogens with zero attached hydrogens (tertiary/aromatic N) is 2. The predicted molar refractivity (Wildman–Crippen MR) is 119 cm³/mol. The molecule has 0 aromatic heterocycles. The minimum absolute atomic E-state index is 0.0470. The quantitative estimate of drug-likeness (QED) is 0.567. The first-order chi connectivity index (χ1) is 12.9. The highest BCUT2D eigenvalue weighted by Crippen LogP contribution is 2.41. The zero-order chi connectivity index (χ0) is 19.0. The minimum atomic E-state index is -3.03. The lowest BCUT2D eigenvalue weighted by Gasteiger charge is -2.24. The Kier molecular flexibility index (Phi) is 5.85. The van der Waals surface area contributed by atoms with Gasteiger partial charge in [-0.1, -0.05) is 43.5 Å². The summed E-state index contributed by atoms with van der Waals surface area (Å²) in [6, 6.07) is 7.80. The first-order valence-corrected chi connectivity index (χ1v) is 13.2. The normalized spacial score (nSPS) is 28.8. The molecular formula is C19H23IN2O3S2. The number of carbonyl (C=O) groups excluding carboxylic acids is 1. The molecule has 4 rings (SSSR count). The number of fused-ring (bicyclic) bond motifs is 1. The van der Waals surface area contributed by atoms with Gasteiger partial charge in [0.25, 0.3) is 0 Å². The average molecular weight is 518 g/mol. The van der Waals surface area contributed by atoms with Gasteiger partial charge in [0.05, 0.1) is 17.5 Å². The van der Waals surface area contributed by atoms with Crippen LogP contribution in [-0.4, -0.2) is 42.3 Å². The molecular weight excluding hydrogens is 495 g/mol. The molecule has 2 heterocycles. The van der Waals surface area contributed by atoms with Gasteiger partial charge in [0.15, 0.2) is 15.0 Å². The summed E-state index contributed by atoms with van der Waals surface area (Å²) in [4.78, 5) is 18.9. The molecule has 0 spiro atoms. The van der Waals surface area contributed by atoms with Crippen LogP contribution in [0.2, 0.25) is 0 Å². The minimum Gasteiger partial charge on any atom is -0.316 e. The van der Waals surface area contributed by atoms with Gasteiger partial charge in [-0.15, -0.1) is 0 Å². The molecule has 3 aliphatic rings. The van der Waals surface area contributed by atoms with Crippen molar-refractivity contribution in [2.24, 2.45) is 10.9 Å². The smallest absolute Gasteiger partial charge is 0.248 e. The van der Waals surface area contributed by atoms with Crippen molar-refractivity contribution >= 4 is 61.0 Å². The van der Waals surface area contributed by atoms with Gasteiger partial charge in [0, 0.05) is 20.9 Å². The number of halogens is 1. The van der Waals surface area contributed by atoms with Crippen molar-refractivity contribution in [3.8, 4) is 0 Å². The lowest BCUT2D eigenvalue weighted by Crippen LogP contribution is -2.37. The first kappa shape index (κ1) is 19.7. The molecule has 2 saturated heterocycles. The average Bonchev–Trinajstić information content (AvgIpc) is 3.27. The van der Waals surface area contributed by atoms with Crippen molar-refractivity contribution in [1.82, 2.24) is 0 Å². The fourth-order valence-corrected chi connectivity index (χ4v) is 8.74. The molecule has 2 atom stereocenters. The molecule has 1 aliphatic carbocycles. The summed E-state index contributed by atoms with van der Waals surface area (Å²) in [5, 5.41) is 0.618. The second-order valence-corrected chi connectivity index (χ2v) is 12.2. The zero-order valence-corrected chi connectivity index (χ0v) is 18.8. The molecule has 0 unspecified atom stereocenters. The van der Waals surface area contributed by atoms with Crippen molar-refractivity contribution in [2.45, 2.75) is 49.8 Å². The summed E-state index contributed by atoms with van der Waals surface area (Å²) in [7, 11) is -3.03. The van der Waals surface area contributed by atoms with Crippen molar-refractivity contribution < 1.29 is 13.2 Å². The van der Waals surface area contributed by atoms with E-state index in [1.54, 1.807) is 0 Å². The highest BCUT2D eigenvalue weighted by molar-refractivity contribution is 14.1. The molecule has 0 bridgehead atoms. The van der Waals surface area contributed by atoms with Gasteiger partial charge >= 0.3 is 0 Å². The van der Waals surface area contributed by atoms with Crippen LogP contribution in [0.5, 0.6) is 0 Å². The lowest BCUT2D eigenvalue weighted by atomic mass is 10.0. The number of carbonyl (C=O) groups is 1. The van der Waals surface area contributed by atoms with Crippen LogP contribution >= 0.6 is 34.4 Å². The number of thioether (sulfide) groups is 1. The van der Waals surface area contributed by atoms with Crippen LogP contribution < -0.4 is 4.90 Å². The Morgan fingerprint density at radius 1 is 1.26 bits per heavy atom. The van der Waals surface area contributed by atoms with Crippen LogP contribution in [0.1, 0.15) is 38.5 Å². The summed E-state index contributed by atoms with van der Waals surface area (Å²) in [6.45, 7) is 0. The number of rotatable bonds is 4. The van der Waals surface area contributed by atoms with Crippen LogP contribution in [0.4, 0.5) is 5.69 Å². The SMILES string of the molecule is O=C(CCC1CCCC1)N=C1S[C@H]2CS(=O)(=O)C[C@@H]2N1c1cccc(I)c1. The van der Waals surface area contributed by atoms with E-state index < -0.39 is 9.84 Å². The Bertz CT molecular complexity index is 865. The zero-order valence-electron chi connectivity index (χ0n) is 15.0. The van der Waals surface area contributed by atoms with E-state index in [2.05, 4.69) is 27.6 Å². The highest BCUT2D eigenvalue weighted by Gasteiger charge is 2.49. The number of amides is 1. The molecule has 0 radical (unpaired) electrons. The molecule has 1 saturated carbocycles. The summed E-state index contributed by atoms with van der Waals surface area (Å²) >= 11 is 3.70. The number of hydrogen-bond donors (Lipinski definition) is 0. The van der Waals surface area contributed by atoms with E-state index in [0.717, 1.165) is 15.7 Å². The van der Waals surface area contributed by atoms with Gasteiger partial charge in [0.2, 0.25) is 5.91 Å². The standard InChI is InChI=1S/C19H23IN2O3S2/c20-14-6-3-7-15(10-14)22-16-11-27(24,25)12-17(16)26-19(22)21-18(23)9-8-13-4-1-2-5-13/h3,6-7,10,13,16-17H,1-2,4-5,8-9,11-12H2/t16-,17-/m0/s1. The van der Waals surface area contributed by atoms with Crippen LogP contribution in [0, 0.1) is 9.49 Å². The molecule has 3 fully saturated rings. The van der Waals surface area contributed by atoms with Crippen LogP contribution in [0.25, 0.3) is 0 Å². The van der Waals surface area contributed by atoms with E-state index in [1.165, 1.54) is 37.4 Å². The van der Waals surface area contributed by atoms with E-state index in [9.17, 15) is 13.2 Å².